The molecule has 0 fully saturated rings. The van der Waals surface area contributed by atoms with Crippen LogP contribution in [0.25, 0.3) is 0 Å². The number of nitrogens with two attached hydrogens (primary N) is 1. The zero-order chi connectivity index (χ0) is 14.7. The number of nitriles is 1. The highest BCUT2D eigenvalue weighted by Gasteiger charge is 2.11. The summed E-state index contributed by atoms with van der Waals surface area (Å²) < 4.78 is 0. The Morgan fingerprint density at radius 1 is 1.30 bits per heavy atom. The van der Waals surface area contributed by atoms with Crippen LogP contribution in [-0.4, -0.2) is 9.97 Å². The number of hydrogen-bond donors (Lipinski definition) is 2. The van der Waals surface area contributed by atoms with Gasteiger partial charge in [0.2, 0.25) is 0 Å². The van der Waals surface area contributed by atoms with Gasteiger partial charge in [0.15, 0.2) is 0 Å². The van der Waals surface area contributed by atoms with E-state index in [-0.39, 0.29) is 5.92 Å². The smallest absolute Gasteiger partial charge is 0.139 e. The maximum Gasteiger partial charge on any atom is 0.139 e. The van der Waals surface area contributed by atoms with Crippen LogP contribution in [0.5, 0.6) is 0 Å². The van der Waals surface area contributed by atoms with E-state index < -0.39 is 0 Å². The Morgan fingerprint density at radius 3 is 2.70 bits per heavy atom. The van der Waals surface area contributed by atoms with Gasteiger partial charge in [-0.25, -0.2) is 9.97 Å². The van der Waals surface area contributed by atoms with Gasteiger partial charge < -0.3 is 11.1 Å². The molecule has 3 N–H and O–H groups in total. The predicted octanol–water partition coefficient (Wildman–Crippen LogP) is 3.11. The van der Waals surface area contributed by atoms with E-state index in [9.17, 15) is 0 Å². The van der Waals surface area contributed by atoms with E-state index in [2.05, 4.69) is 21.4 Å². The van der Waals surface area contributed by atoms with Crippen LogP contribution < -0.4 is 11.1 Å². The summed E-state index contributed by atoms with van der Waals surface area (Å²) in [7, 11) is 0. The second-order valence-corrected chi connectivity index (χ2v) is 4.91. The highest BCUT2D eigenvalue weighted by atomic mass is 15.1. The minimum Gasteiger partial charge on any atom is -0.383 e. The maximum atomic E-state index is 8.92. The highest BCUT2D eigenvalue weighted by Crippen LogP contribution is 2.24. The zero-order valence-electron chi connectivity index (χ0n) is 11.8. The Hall–Kier alpha value is -2.61. The van der Waals surface area contributed by atoms with Gasteiger partial charge in [0.05, 0.1) is 11.6 Å². The third-order valence-electron chi connectivity index (χ3n) is 2.97. The third kappa shape index (κ3) is 2.86. The quantitative estimate of drug-likeness (QED) is 0.892. The molecule has 102 valence electrons. The van der Waals surface area contributed by atoms with Crippen molar-refractivity contribution in [2.24, 2.45) is 0 Å². The molecular formula is C15H17N5. The van der Waals surface area contributed by atoms with Crippen LogP contribution in [0.3, 0.4) is 0 Å². The standard InChI is InChI=1S/C15H17N5/c1-9(2)14-19-13(17)10(3)15(20-14)18-12-6-4-5-11(7-12)8-16/h4-7,9H,1-3H3,(H3,17,18,19,20). The lowest BCUT2D eigenvalue weighted by atomic mass is 10.2. The van der Waals surface area contributed by atoms with Crippen molar-refractivity contribution in [2.75, 3.05) is 11.1 Å². The Kier molecular flexibility index (Phi) is 3.85. The third-order valence-corrected chi connectivity index (χ3v) is 2.97. The molecule has 0 unspecified atom stereocenters. The number of nitrogens with one attached hydrogen (secondary N) is 1. The zero-order valence-corrected chi connectivity index (χ0v) is 11.8. The van der Waals surface area contributed by atoms with Gasteiger partial charge in [-0.15, -0.1) is 0 Å². The van der Waals surface area contributed by atoms with Crippen molar-refractivity contribution >= 4 is 17.3 Å². The fraction of sp³-hybridized carbons (Fsp3) is 0.267. The number of rotatable bonds is 3. The Balaban J connectivity index is 2.40. The molecule has 0 aliphatic carbocycles. The molecule has 2 rings (SSSR count). The van der Waals surface area contributed by atoms with Gasteiger partial charge in [0.1, 0.15) is 17.5 Å². The van der Waals surface area contributed by atoms with Crippen LogP contribution in [0.2, 0.25) is 0 Å². The summed E-state index contributed by atoms with van der Waals surface area (Å²) >= 11 is 0. The number of aromatic nitrogens is 2. The fourth-order valence-electron chi connectivity index (χ4n) is 1.74. The second-order valence-electron chi connectivity index (χ2n) is 4.91. The van der Waals surface area contributed by atoms with Crippen LogP contribution in [-0.2, 0) is 0 Å². The van der Waals surface area contributed by atoms with Crippen molar-refractivity contribution in [3.63, 3.8) is 0 Å². The van der Waals surface area contributed by atoms with Gasteiger partial charge in [-0.3, -0.25) is 0 Å². The lowest BCUT2D eigenvalue weighted by Crippen LogP contribution is -2.08. The molecule has 0 amide bonds. The SMILES string of the molecule is Cc1c(N)nc(C(C)C)nc1Nc1cccc(C#N)c1. The average Bonchev–Trinajstić information content (AvgIpc) is 2.43. The molecular weight excluding hydrogens is 250 g/mol. The molecule has 5 heteroatoms. The molecule has 5 nitrogen and oxygen atoms in total. The normalized spacial score (nSPS) is 10.3. The van der Waals surface area contributed by atoms with Crippen LogP contribution in [0.1, 0.15) is 36.7 Å². The van der Waals surface area contributed by atoms with Gasteiger partial charge in [0.25, 0.3) is 0 Å². The topological polar surface area (TPSA) is 87.6 Å². The van der Waals surface area contributed by atoms with Crippen LogP contribution in [0, 0.1) is 18.3 Å². The predicted molar refractivity (Wildman–Crippen MR) is 79.7 cm³/mol. The summed E-state index contributed by atoms with van der Waals surface area (Å²) in [5.74, 6) is 2.05. The van der Waals surface area contributed by atoms with Gasteiger partial charge >= 0.3 is 0 Å². The van der Waals surface area contributed by atoms with Gasteiger partial charge in [-0.1, -0.05) is 19.9 Å². The molecule has 1 aromatic carbocycles. The molecule has 0 bridgehead atoms. The van der Waals surface area contributed by atoms with Gasteiger partial charge in [-0.2, -0.15) is 5.26 Å². The monoisotopic (exact) mass is 267 g/mol. The van der Waals surface area contributed by atoms with Crippen LogP contribution in [0.15, 0.2) is 24.3 Å². The molecule has 0 saturated heterocycles. The highest BCUT2D eigenvalue weighted by molar-refractivity contribution is 5.64. The Morgan fingerprint density at radius 2 is 2.05 bits per heavy atom. The van der Waals surface area contributed by atoms with E-state index in [0.717, 1.165) is 11.3 Å². The average molecular weight is 267 g/mol. The lowest BCUT2D eigenvalue weighted by molar-refractivity contribution is 0.776. The Bertz CT molecular complexity index is 670. The molecule has 2 aromatic rings. The van der Waals surface area contributed by atoms with E-state index in [0.29, 0.717) is 23.0 Å². The number of benzene rings is 1. The summed E-state index contributed by atoms with van der Waals surface area (Å²) in [4.78, 5) is 8.78. The molecule has 0 aliphatic heterocycles. The van der Waals surface area contributed by atoms with Crippen molar-refractivity contribution < 1.29 is 0 Å². The first kappa shape index (κ1) is 13.8. The first-order valence-corrected chi connectivity index (χ1v) is 6.42. The van der Waals surface area contributed by atoms with Crippen molar-refractivity contribution in [3.05, 3.63) is 41.2 Å². The van der Waals surface area contributed by atoms with Crippen molar-refractivity contribution in [2.45, 2.75) is 26.7 Å². The molecule has 20 heavy (non-hydrogen) atoms. The summed E-state index contributed by atoms with van der Waals surface area (Å²) in [5.41, 5.74) is 8.13. The lowest BCUT2D eigenvalue weighted by Gasteiger charge is -2.13. The van der Waals surface area contributed by atoms with Crippen molar-refractivity contribution in [3.8, 4) is 6.07 Å². The van der Waals surface area contributed by atoms with Crippen LogP contribution >= 0.6 is 0 Å². The molecule has 0 atom stereocenters. The first-order chi connectivity index (χ1) is 9.51. The molecule has 1 heterocycles. The number of nitrogen functional groups attached to an aromatic ring is 1. The fourth-order valence-corrected chi connectivity index (χ4v) is 1.74. The number of anilines is 3. The first-order valence-electron chi connectivity index (χ1n) is 6.42. The van der Waals surface area contributed by atoms with Gasteiger partial charge in [0, 0.05) is 17.2 Å². The van der Waals surface area contributed by atoms with Gasteiger partial charge in [-0.05, 0) is 25.1 Å². The number of nitrogens with zero attached hydrogens (tertiary/aromatic N) is 3. The minimum absolute atomic E-state index is 0.198. The summed E-state index contributed by atoms with van der Waals surface area (Å²) in [6.07, 6.45) is 0. The maximum absolute atomic E-state index is 8.92. The van der Waals surface area contributed by atoms with Crippen molar-refractivity contribution in [1.82, 2.24) is 9.97 Å². The second kappa shape index (κ2) is 5.57. The minimum atomic E-state index is 0.198. The molecule has 0 spiro atoms. The summed E-state index contributed by atoms with van der Waals surface area (Å²) in [5, 5.41) is 12.1. The molecule has 1 aromatic heterocycles. The summed E-state index contributed by atoms with van der Waals surface area (Å²) in [6.45, 7) is 5.91. The van der Waals surface area contributed by atoms with Crippen molar-refractivity contribution in [1.29, 1.82) is 5.26 Å². The largest absolute Gasteiger partial charge is 0.383 e. The molecule has 0 aliphatic rings. The van der Waals surface area contributed by atoms with Crippen LogP contribution in [0.4, 0.5) is 17.3 Å². The molecule has 0 saturated carbocycles. The number of hydrogen-bond acceptors (Lipinski definition) is 5. The van der Waals surface area contributed by atoms with E-state index >= 15 is 0 Å². The van der Waals surface area contributed by atoms with E-state index in [1.807, 2.05) is 32.9 Å². The van der Waals surface area contributed by atoms with E-state index in [1.165, 1.54) is 0 Å². The molecule has 0 radical (unpaired) electrons. The summed E-state index contributed by atoms with van der Waals surface area (Å²) in [6, 6.07) is 9.34. The van der Waals surface area contributed by atoms with E-state index in [4.69, 9.17) is 11.0 Å². The van der Waals surface area contributed by atoms with E-state index in [1.54, 1.807) is 12.1 Å². The Labute approximate surface area is 118 Å².